The lowest BCUT2D eigenvalue weighted by molar-refractivity contribution is 0.575. The summed E-state index contributed by atoms with van der Waals surface area (Å²) in [4.78, 5) is 4.50. The predicted octanol–water partition coefficient (Wildman–Crippen LogP) is 4.62. The molecule has 2 nitrogen and oxygen atoms in total. The first-order chi connectivity index (χ1) is 8.72. The van der Waals surface area contributed by atoms with Gasteiger partial charge in [0.15, 0.2) is 0 Å². The molecule has 0 atom stereocenters. The van der Waals surface area contributed by atoms with Crippen LogP contribution < -0.4 is 0 Å². The summed E-state index contributed by atoms with van der Waals surface area (Å²) in [7, 11) is 0. The topological polar surface area (TPSA) is 17.8 Å². The molecule has 0 spiro atoms. The van der Waals surface area contributed by atoms with Crippen molar-refractivity contribution in [2.45, 2.75) is 59.4 Å². The lowest BCUT2D eigenvalue weighted by Gasteiger charge is -2.06. The van der Waals surface area contributed by atoms with E-state index in [1.54, 1.807) is 0 Å². The van der Waals surface area contributed by atoms with E-state index < -0.39 is 0 Å². The molecule has 1 aromatic carbocycles. The smallest absolute Gasteiger partial charge is 0.0958 e. The van der Waals surface area contributed by atoms with Crippen molar-refractivity contribution in [3.63, 3.8) is 0 Å². The maximum absolute atomic E-state index is 4.50. The molecule has 0 saturated carbocycles. The molecule has 0 bridgehead atoms. The van der Waals surface area contributed by atoms with Crippen molar-refractivity contribution in [1.82, 2.24) is 9.55 Å². The summed E-state index contributed by atoms with van der Waals surface area (Å²) >= 11 is 0. The monoisotopic (exact) mass is 244 g/mol. The Labute approximate surface area is 110 Å². The van der Waals surface area contributed by atoms with Crippen LogP contribution in [0.1, 0.15) is 50.2 Å². The molecule has 0 unspecified atom stereocenters. The van der Waals surface area contributed by atoms with Crippen LogP contribution in [0.5, 0.6) is 0 Å². The van der Waals surface area contributed by atoms with E-state index >= 15 is 0 Å². The lowest BCUT2D eigenvalue weighted by Crippen LogP contribution is -1.96. The number of hydrogen-bond acceptors (Lipinski definition) is 1. The maximum atomic E-state index is 4.50. The fourth-order valence-electron chi connectivity index (χ4n) is 2.38. The lowest BCUT2D eigenvalue weighted by atomic mass is 10.1. The minimum absolute atomic E-state index is 1.10. The number of aromatic nitrogens is 2. The van der Waals surface area contributed by atoms with Crippen LogP contribution in [0.3, 0.4) is 0 Å². The van der Waals surface area contributed by atoms with Gasteiger partial charge in [0.2, 0.25) is 0 Å². The van der Waals surface area contributed by atoms with E-state index in [1.165, 1.54) is 48.7 Å². The summed E-state index contributed by atoms with van der Waals surface area (Å²) in [5.41, 5.74) is 5.10. The Bertz CT molecular complexity index is 511. The first-order valence-corrected chi connectivity index (χ1v) is 7.14. The number of hydrogen-bond donors (Lipinski definition) is 0. The summed E-state index contributed by atoms with van der Waals surface area (Å²) in [5.74, 6) is 0. The molecule has 18 heavy (non-hydrogen) atoms. The second-order valence-electron chi connectivity index (χ2n) is 5.28. The van der Waals surface area contributed by atoms with Gasteiger partial charge < -0.3 is 4.57 Å². The highest BCUT2D eigenvalue weighted by Gasteiger charge is 2.04. The van der Waals surface area contributed by atoms with Gasteiger partial charge in [0.1, 0.15) is 0 Å². The number of rotatable bonds is 6. The molecule has 2 rings (SSSR count). The zero-order chi connectivity index (χ0) is 13.0. The average molecular weight is 244 g/mol. The highest BCUT2D eigenvalue weighted by molar-refractivity contribution is 5.77. The van der Waals surface area contributed by atoms with Crippen molar-refractivity contribution < 1.29 is 0 Å². The molecule has 0 N–H and O–H groups in total. The molecule has 0 aliphatic carbocycles. The Morgan fingerprint density at radius 1 is 1.00 bits per heavy atom. The summed E-state index contributed by atoms with van der Waals surface area (Å²) in [6.45, 7) is 7.68. The number of unbranched alkanes of at least 4 members (excludes halogenated alkanes) is 4. The van der Waals surface area contributed by atoms with E-state index in [4.69, 9.17) is 0 Å². The Morgan fingerprint density at radius 2 is 1.72 bits per heavy atom. The minimum atomic E-state index is 1.10. The SMILES string of the molecule is CCCCCCCn1cnc2cc(C)c(C)cc21. The normalized spacial score (nSPS) is 11.3. The third-order valence-corrected chi connectivity index (χ3v) is 3.74. The van der Waals surface area contributed by atoms with Crippen molar-refractivity contribution >= 4 is 11.0 Å². The Balaban J connectivity index is 2.03. The molecule has 0 saturated heterocycles. The number of nitrogens with zero attached hydrogens (tertiary/aromatic N) is 2. The zero-order valence-corrected chi connectivity index (χ0v) is 11.9. The van der Waals surface area contributed by atoms with Crippen LogP contribution >= 0.6 is 0 Å². The summed E-state index contributed by atoms with van der Waals surface area (Å²) in [6, 6.07) is 4.46. The van der Waals surface area contributed by atoms with E-state index in [9.17, 15) is 0 Å². The highest BCUT2D eigenvalue weighted by atomic mass is 15.0. The van der Waals surface area contributed by atoms with Crippen LogP contribution in [0.2, 0.25) is 0 Å². The summed E-state index contributed by atoms with van der Waals surface area (Å²) in [5, 5.41) is 0. The third-order valence-electron chi connectivity index (χ3n) is 3.74. The second-order valence-corrected chi connectivity index (χ2v) is 5.28. The van der Waals surface area contributed by atoms with Crippen molar-refractivity contribution in [3.8, 4) is 0 Å². The van der Waals surface area contributed by atoms with Crippen molar-refractivity contribution in [2.75, 3.05) is 0 Å². The van der Waals surface area contributed by atoms with Crippen LogP contribution in [-0.2, 0) is 6.54 Å². The molecule has 1 heterocycles. The van der Waals surface area contributed by atoms with Crippen LogP contribution in [0.15, 0.2) is 18.5 Å². The summed E-state index contributed by atoms with van der Waals surface area (Å²) in [6.07, 6.45) is 8.62. The van der Waals surface area contributed by atoms with E-state index in [0.29, 0.717) is 0 Å². The zero-order valence-electron chi connectivity index (χ0n) is 11.9. The van der Waals surface area contributed by atoms with Gasteiger partial charge in [0.05, 0.1) is 17.4 Å². The standard InChI is InChI=1S/C16H24N2/c1-4-5-6-7-8-9-18-12-17-15-10-13(2)14(3)11-16(15)18/h10-12H,4-9H2,1-3H3. The molecule has 0 aliphatic rings. The second kappa shape index (κ2) is 6.03. The van der Waals surface area contributed by atoms with Crippen LogP contribution in [0.25, 0.3) is 11.0 Å². The molecule has 0 aliphatic heterocycles. The van der Waals surface area contributed by atoms with Gasteiger partial charge in [-0.15, -0.1) is 0 Å². The van der Waals surface area contributed by atoms with Gasteiger partial charge in [0, 0.05) is 6.54 Å². The first kappa shape index (κ1) is 13.1. The maximum Gasteiger partial charge on any atom is 0.0958 e. The van der Waals surface area contributed by atoms with Gasteiger partial charge in [-0.25, -0.2) is 4.98 Å². The predicted molar refractivity (Wildman–Crippen MR) is 78.0 cm³/mol. The van der Waals surface area contributed by atoms with Gasteiger partial charge in [-0.2, -0.15) is 0 Å². The third kappa shape index (κ3) is 2.92. The Hall–Kier alpha value is -1.31. The molecule has 0 radical (unpaired) electrons. The van der Waals surface area contributed by atoms with Crippen LogP contribution in [0, 0.1) is 13.8 Å². The molecule has 2 heteroatoms. The van der Waals surface area contributed by atoms with Crippen molar-refractivity contribution in [3.05, 3.63) is 29.6 Å². The quantitative estimate of drug-likeness (QED) is 0.678. The van der Waals surface area contributed by atoms with Crippen molar-refractivity contribution in [2.24, 2.45) is 0 Å². The molecular weight excluding hydrogens is 220 g/mol. The molecule has 2 aromatic rings. The van der Waals surface area contributed by atoms with Crippen LogP contribution in [0.4, 0.5) is 0 Å². The van der Waals surface area contributed by atoms with Gasteiger partial charge >= 0.3 is 0 Å². The van der Waals surface area contributed by atoms with E-state index in [-0.39, 0.29) is 0 Å². The summed E-state index contributed by atoms with van der Waals surface area (Å²) < 4.78 is 2.30. The minimum Gasteiger partial charge on any atom is -0.331 e. The van der Waals surface area contributed by atoms with Gasteiger partial charge in [-0.3, -0.25) is 0 Å². The van der Waals surface area contributed by atoms with E-state index in [1.807, 2.05) is 6.33 Å². The highest BCUT2D eigenvalue weighted by Crippen LogP contribution is 2.19. The molecule has 0 fully saturated rings. The largest absolute Gasteiger partial charge is 0.331 e. The van der Waals surface area contributed by atoms with Gasteiger partial charge in [-0.1, -0.05) is 32.6 Å². The molecule has 0 amide bonds. The Kier molecular flexibility index (Phi) is 4.40. The van der Waals surface area contributed by atoms with Gasteiger partial charge in [-0.05, 0) is 43.5 Å². The van der Waals surface area contributed by atoms with E-state index in [2.05, 4.69) is 42.5 Å². The molecular formula is C16H24N2. The molecule has 98 valence electrons. The average Bonchev–Trinajstić information content (AvgIpc) is 2.72. The Morgan fingerprint density at radius 3 is 2.50 bits per heavy atom. The van der Waals surface area contributed by atoms with Crippen LogP contribution in [-0.4, -0.2) is 9.55 Å². The number of imidazole rings is 1. The fraction of sp³-hybridized carbons (Fsp3) is 0.562. The van der Waals surface area contributed by atoms with Crippen molar-refractivity contribution in [1.29, 1.82) is 0 Å². The number of benzene rings is 1. The number of fused-ring (bicyclic) bond motifs is 1. The number of aryl methyl sites for hydroxylation is 3. The van der Waals surface area contributed by atoms with Gasteiger partial charge in [0.25, 0.3) is 0 Å². The van der Waals surface area contributed by atoms with E-state index in [0.717, 1.165) is 12.1 Å². The first-order valence-electron chi connectivity index (χ1n) is 7.14. The fourth-order valence-corrected chi connectivity index (χ4v) is 2.38. The molecule has 1 aromatic heterocycles.